The lowest BCUT2D eigenvalue weighted by atomic mass is 9.92. The van der Waals surface area contributed by atoms with E-state index in [1.54, 1.807) is 63.7 Å². The summed E-state index contributed by atoms with van der Waals surface area (Å²) >= 11 is 6.22. The van der Waals surface area contributed by atoms with Gasteiger partial charge in [-0.05, 0) is 66.7 Å². The van der Waals surface area contributed by atoms with Gasteiger partial charge in [-0.2, -0.15) is 0 Å². The maximum absolute atomic E-state index is 13.1. The summed E-state index contributed by atoms with van der Waals surface area (Å²) in [7, 11) is 0. The lowest BCUT2D eigenvalue weighted by molar-refractivity contribution is 0.00596. The van der Waals surface area contributed by atoms with E-state index in [9.17, 15) is 9.59 Å². The number of benzene rings is 1. The molecule has 1 aliphatic rings. The standard InChI is InChI=1S/C21H26ClN3O4/c1-12(2)28-19(27)25-15-10-13(22)8-9-14(15)24-11-23-16(17(24)21(25,6)7)18(26)29-20(3,4)5/h8-12H,1-7H3. The molecule has 0 saturated heterocycles. The zero-order chi connectivity index (χ0) is 21.7. The molecule has 1 aromatic carbocycles. The number of halogens is 1. The SMILES string of the molecule is CC(C)OC(=O)N1c2cc(Cl)ccc2-n2cnc(C(=O)OC(C)(C)C)c2C1(C)C. The fraction of sp³-hybridized carbons (Fsp3) is 0.476. The molecule has 0 atom stereocenters. The number of hydrogen-bond donors (Lipinski definition) is 0. The second-order valence-electron chi connectivity index (χ2n) is 8.77. The number of hydrogen-bond acceptors (Lipinski definition) is 5. The van der Waals surface area contributed by atoms with E-state index in [1.165, 1.54) is 4.90 Å². The van der Waals surface area contributed by atoms with Crippen molar-refractivity contribution >= 4 is 29.4 Å². The average molecular weight is 420 g/mol. The highest BCUT2D eigenvalue weighted by Crippen LogP contribution is 2.45. The predicted octanol–water partition coefficient (Wildman–Crippen LogP) is 5.08. The van der Waals surface area contributed by atoms with Crippen molar-refractivity contribution in [3.63, 3.8) is 0 Å². The molecule has 1 aromatic heterocycles. The molecule has 7 nitrogen and oxygen atoms in total. The van der Waals surface area contributed by atoms with Gasteiger partial charge in [0.05, 0.1) is 28.7 Å². The van der Waals surface area contributed by atoms with Crippen molar-refractivity contribution in [2.75, 3.05) is 4.90 Å². The maximum atomic E-state index is 13.1. The summed E-state index contributed by atoms with van der Waals surface area (Å²) in [5.74, 6) is -0.547. The summed E-state index contributed by atoms with van der Waals surface area (Å²) in [5, 5.41) is 0.484. The van der Waals surface area contributed by atoms with Gasteiger partial charge < -0.3 is 9.47 Å². The van der Waals surface area contributed by atoms with Crippen molar-refractivity contribution < 1.29 is 19.1 Å². The van der Waals surface area contributed by atoms with Crippen molar-refractivity contribution in [2.45, 2.75) is 65.7 Å². The molecule has 0 fully saturated rings. The molecule has 0 radical (unpaired) electrons. The molecule has 29 heavy (non-hydrogen) atoms. The molecule has 156 valence electrons. The Morgan fingerprint density at radius 3 is 2.41 bits per heavy atom. The van der Waals surface area contributed by atoms with Crippen LogP contribution in [0.4, 0.5) is 10.5 Å². The molecular formula is C21H26ClN3O4. The van der Waals surface area contributed by atoms with Crippen LogP contribution in [0.5, 0.6) is 0 Å². The molecule has 3 rings (SSSR count). The van der Waals surface area contributed by atoms with E-state index in [0.717, 1.165) is 0 Å². The number of amides is 1. The molecule has 0 N–H and O–H groups in total. The molecule has 0 bridgehead atoms. The number of ether oxygens (including phenoxy) is 2. The third kappa shape index (κ3) is 3.83. The van der Waals surface area contributed by atoms with Gasteiger partial charge in [-0.15, -0.1) is 0 Å². The third-order valence-electron chi connectivity index (χ3n) is 4.46. The number of anilines is 1. The van der Waals surface area contributed by atoms with Gasteiger partial charge in [-0.3, -0.25) is 9.47 Å². The van der Waals surface area contributed by atoms with Crippen molar-refractivity contribution in [2.24, 2.45) is 0 Å². The second-order valence-corrected chi connectivity index (χ2v) is 9.21. The van der Waals surface area contributed by atoms with E-state index in [0.29, 0.717) is 22.1 Å². The molecule has 0 saturated carbocycles. The van der Waals surface area contributed by atoms with Crippen molar-refractivity contribution in [3.05, 3.63) is 40.9 Å². The predicted molar refractivity (Wildman–Crippen MR) is 111 cm³/mol. The summed E-state index contributed by atoms with van der Waals surface area (Å²) in [6, 6.07) is 5.21. The first-order valence-corrected chi connectivity index (χ1v) is 9.82. The number of fused-ring (bicyclic) bond motifs is 3. The Labute approximate surface area is 175 Å². The minimum atomic E-state index is -0.952. The van der Waals surface area contributed by atoms with Gasteiger partial charge in [0.25, 0.3) is 0 Å². The van der Waals surface area contributed by atoms with Crippen LogP contribution in [0.25, 0.3) is 5.69 Å². The number of aromatic nitrogens is 2. The van der Waals surface area contributed by atoms with E-state index in [2.05, 4.69) is 4.98 Å². The lowest BCUT2D eigenvalue weighted by Crippen LogP contribution is -2.51. The Kier molecular flexibility index (Phi) is 5.15. The van der Waals surface area contributed by atoms with Gasteiger partial charge in [0.1, 0.15) is 11.9 Å². The topological polar surface area (TPSA) is 73.7 Å². The fourth-order valence-electron chi connectivity index (χ4n) is 3.46. The largest absolute Gasteiger partial charge is 0.455 e. The first-order chi connectivity index (χ1) is 13.3. The molecule has 2 aromatic rings. The van der Waals surface area contributed by atoms with Crippen LogP contribution in [-0.4, -0.2) is 33.3 Å². The van der Waals surface area contributed by atoms with Gasteiger partial charge in [0.2, 0.25) is 0 Å². The number of nitrogens with zero attached hydrogens (tertiary/aromatic N) is 3. The molecule has 0 aliphatic carbocycles. The monoisotopic (exact) mass is 419 g/mol. The van der Waals surface area contributed by atoms with Crippen molar-refractivity contribution in [1.82, 2.24) is 9.55 Å². The van der Waals surface area contributed by atoms with Gasteiger partial charge in [-0.1, -0.05) is 11.6 Å². The molecule has 0 spiro atoms. The quantitative estimate of drug-likeness (QED) is 0.634. The van der Waals surface area contributed by atoms with Crippen molar-refractivity contribution in [3.8, 4) is 5.69 Å². The normalized spacial score (nSPS) is 15.0. The average Bonchev–Trinajstić information content (AvgIpc) is 2.98. The Morgan fingerprint density at radius 1 is 1.17 bits per heavy atom. The number of rotatable bonds is 2. The number of carbonyl (C=O) groups excluding carboxylic acids is 2. The smallest absolute Gasteiger partial charge is 0.415 e. The first kappa shape index (κ1) is 21.2. The molecule has 2 heterocycles. The van der Waals surface area contributed by atoms with Crippen LogP contribution in [0.15, 0.2) is 24.5 Å². The van der Waals surface area contributed by atoms with E-state index >= 15 is 0 Å². The number of esters is 1. The van der Waals surface area contributed by atoms with E-state index in [1.807, 2.05) is 13.8 Å². The molecule has 8 heteroatoms. The van der Waals surface area contributed by atoms with Gasteiger partial charge in [-0.25, -0.2) is 14.6 Å². The van der Waals surface area contributed by atoms with Gasteiger partial charge in [0, 0.05) is 5.02 Å². The Bertz CT molecular complexity index is 973. The molecule has 1 amide bonds. The van der Waals surface area contributed by atoms with Gasteiger partial charge in [0.15, 0.2) is 5.69 Å². The van der Waals surface area contributed by atoms with Crippen LogP contribution in [0.1, 0.15) is 64.6 Å². The zero-order valence-corrected chi connectivity index (χ0v) is 18.5. The summed E-state index contributed by atoms with van der Waals surface area (Å²) in [4.78, 5) is 31.7. The van der Waals surface area contributed by atoms with Crippen LogP contribution >= 0.6 is 11.6 Å². The summed E-state index contributed by atoms with van der Waals surface area (Å²) in [5.41, 5.74) is 0.330. The van der Waals surface area contributed by atoms with Crippen LogP contribution in [0.3, 0.4) is 0 Å². The van der Waals surface area contributed by atoms with Crippen LogP contribution in [0, 0.1) is 0 Å². The Morgan fingerprint density at radius 2 is 1.83 bits per heavy atom. The maximum Gasteiger partial charge on any atom is 0.415 e. The third-order valence-corrected chi connectivity index (χ3v) is 4.69. The molecule has 1 aliphatic heterocycles. The highest BCUT2D eigenvalue weighted by atomic mass is 35.5. The number of imidazole rings is 1. The van der Waals surface area contributed by atoms with Crippen LogP contribution in [-0.2, 0) is 15.0 Å². The molecule has 0 unspecified atom stereocenters. The molecular weight excluding hydrogens is 394 g/mol. The minimum absolute atomic E-state index is 0.160. The van der Waals surface area contributed by atoms with Gasteiger partial charge >= 0.3 is 12.1 Å². The summed E-state index contributed by atoms with van der Waals surface area (Å²) < 4.78 is 12.8. The summed E-state index contributed by atoms with van der Waals surface area (Å²) in [6.07, 6.45) is 0.725. The Hall–Kier alpha value is -2.54. The van der Waals surface area contributed by atoms with E-state index < -0.39 is 23.2 Å². The minimum Gasteiger partial charge on any atom is -0.455 e. The van der Waals surface area contributed by atoms with Crippen molar-refractivity contribution in [1.29, 1.82) is 0 Å². The fourth-order valence-corrected chi connectivity index (χ4v) is 3.63. The van der Waals surface area contributed by atoms with E-state index in [-0.39, 0.29) is 11.8 Å². The zero-order valence-electron chi connectivity index (χ0n) is 17.7. The van der Waals surface area contributed by atoms with E-state index in [4.69, 9.17) is 21.1 Å². The lowest BCUT2D eigenvalue weighted by Gasteiger charge is -2.43. The Balaban J connectivity index is 2.22. The highest BCUT2D eigenvalue weighted by Gasteiger charge is 2.46. The summed E-state index contributed by atoms with van der Waals surface area (Å²) in [6.45, 7) is 12.6. The van der Waals surface area contributed by atoms with Crippen LogP contribution < -0.4 is 4.90 Å². The highest BCUT2D eigenvalue weighted by molar-refractivity contribution is 6.31. The second kappa shape index (κ2) is 7.06. The number of carbonyl (C=O) groups is 2. The van der Waals surface area contributed by atoms with Crippen LogP contribution in [0.2, 0.25) is 5.02 Å². The first-order valence-electron chi connectivity index (χ1n) is 9.45.